The van der Waals surface area contributed by atoms with E-state index in [1.807, 2.05) is 0 Å². The van der Waals surface area contributed by atoms with Crippen LogP contribution < -0.4 is 0 Å². The molecule has 0 amide bonds. The lowest BCUT2D eigenvalue weighted by Gasteiger charge is -2.34. The Balaban J connectivity index is 3.12. The van der Waals surface area contributed by atoms with Crippen molar-refractivity contribution in [3.63, 3.8) is 0 Å². The average Bonchev–Trinajstić information content (AvgIpc) is 2.30. The van der Waals surface area contributed by atoms with Crippen molar-refractivity contribution in [3.8, 4) is 0 Å². The summed E-state index contributed by atoms with van der Waals surface area (Å²) in [6.45, 7) is 5.26. The highest BCUT2D eigenvalue weighted by atomic mass is 16.6. The van der Waals surface area contributed by atoms with Gasteiger partial charge in [0.15, 0.2) is 12.2 Å². The van der Waals surface area contributed by atoms with Crippen molar-refractivity contribution >= 4 is 23.6 Å². The summed E-state index contributed by atoms with van der Waals surface area (Å²) in [4.78, 5) is 33.6. The highest BCUT2D eigenvalue weighted by Gasteiger charge is 2.40. The van der Waals surface area contributed by atoms with Crippen molar-refractivity contribution < 1.29 is 28.6 Å². The molecule has 0 saturated carbocycles. The summed E-state index contributed by atoms with van der Waals surface area (Å²) < 4.78 is 15.4. The Labute approximate surface area is 122 Å². The van der Waals surface area contributed by atoms with E-state index in [-0.39, 0.29) is 12.1 Å². The second-order valence-electron chi connectivity index (χ2n) is 4.82. The van der Waals surface area contributed by atoms with Gasteiger partial charge in [0.05, 0.1) is 0 Å². The Morgan fingerprint density at radius 3 is 1.95 bits per heavy atom. The number of hydrogen-bond donors (Lipinski definition) is 1. The largest absolute Gasteiger partial charge is 0.458 e. The summed E-state index contributed by atoms with van der Waals surface area (Å²) in [6, 6.07) is 0. The minimum absolute atomic E-state index is 0.227. The third-order valence-corrected chi connectivity index (χ3v) is 2.88. The van der Waals surface area contributed by atoms with Crippen molar-refractivity contribution in [1.82, 2.24) is 0 Å². The third-order valence-electron chi connectivity index (χ3n) is 2.88. The zero-order chi connectivity index (χ0) is 16.2. The zero-order valence-electron chi connectivity index (χ0n) is 12.5. The van der Waals surface area contributed by atoms with E-state index in [9.17, 15) is 14.4 Å². The van der Waals surface area contributed by atoms with Crippen LogP contribution in [0.25, 0.3) is 0 Å². The van der Waals surface area contributed by atoms with Crippen molar-refractivity contribution in [2.45, 2.75) is 52.4 Å². The van der Waals surface area contributed by atoms with Gasteiger partial charge < -0.3 is 19.6 Å². The molecule has 0 bridgehead atoms. The SMILES string of the molecule is CC(=N)C1=C[C@@H](OC(C)=O)[C@@H](OC(C)=O)[C@H](OC(C)=O)C1. The number of nitrogens with one attached hydrogen (secondary N) is 1. The molecule has 0 saturated heterocycles. The van der Waals surface area contributed by atoms with E-state index in [1.54, 1.807) is 13.0 Å². The molecule has 0 aromatic carbocycles. The van der Waals surface area contributed by atoms with Gasteiger partial charge in [0.2, 0.25) is 0 Å². The lowest BCUT2D eigenvalue weighted by atomic mass is 9.89. The smallest absolute Gasteiger partial charge is 0.303 e. The summed E-state index contributed by atoms with van der Waals surface area (Å²) >= 11 is 0. The van der Waals surface area contributed by atoms with E-state index < -0.39 is 36.2 Å². The fourth-order valence-corrected chi connectivity index (χ4v) is 2.13. The van der Waals surface area contributed by atoms with Gasteiger partial charge >= 0.3 is 17.9 Å². The van der Waals surface area contributed by atoms with Crippen molar-refractivity contribution in [2.75, 3.05) is 0 Å². The van der Waals surface area contributed by atoms with E-state index in [0.717, 1.165) is 0 Å². The van der Waals surface area contributed by atoms with Gasteiger partial charge in [-0.3, -0.25) is 14.4 Å². The normalized spacial score (nSPS) is 24.6. The van der Waals surface area contributed by atoms with Gasteiger partial charge in [-0.15, -0.1) is 0 Å². The maximum Gasteiger partial charge on any atom is 0.303 e. The molecular formula is C14H19NO6. The molecule has 0 unspecified atom stereocenters. The maximum absolute atomic E-state index is 11.2. The highest BCUT2D eigenvalue weighted by Crippen LogP contribution is 2.27. The van der Waals surface area contributed by atoms with Gasteiger partial charge in [0, 0.05) is 32.9 Å². The van der Waals surface area contributed by atoms with Crippen LogP contribution in [0.5, 0.6) is 0 Å². The van der Waals surface area contributed by atoms with Crippen molar-refractivity contribution in [2.24, 2.45) is 0 Å². The first-order valence-electron chi connectivity index (χ1n) is 6.48. The van der Waals surface area contributed by atoms with E-state index in [2.05, 4.69) is 0 Å². The lowest BCUT2D eigenvalue weighted by Crippen LogP contribution is -2.47. The molecule has 0 fully saturated rings. The molecule has 1 aliphatic carbocycles. The van der Waals surface area contributed by atoms with Crippen LogP contribution >= 0.6 is 0 Å². The van der Waals surface area contributed by atoms with Crippen LogP contribution in [-0.4, -0.2) is 41.9 Å². The molecule has 7 heteroatoms. The second-order valence-corrected chi connectivity index (χ2v) is 4.82. The van der Waals surface area contributed by atoms with E-state index in [4.69, 9.17) is 19.6 Å². The summed E-state index contributed by atoms with van der Waals surface area (Å²) in [7, 11) is 0. The molecule has 0 spiro atoms. The molecule has 116 valence electrons. The number of ether oxygens (including phenoxy) is 3. The topological polar surface area (TPSA) is 103 Å². The molecule has 0 aliphatic heterocycles. The van der Waals surface area contributed by atoms with E-state index in [1.165, 1.54) is 20.8 Å². The summed E-state index contributed by atoms with van der Waals surface area (Å²) in [5, 5.41) is 7.68. The molecule has 3 atom stereocenters. The molecule has 1 aliphatic rings. The van der Waals surface area contributed by atoms with Gasteiger partial charge in [-0.2, -0.15) is 0 Å². The fraction of sp³-hybridized carbons (Fsp3) is 0.571. The van der Waals surface area contributed by atoms with Crippen LogP contribution in [0.4, 0.5) is 0 Å². The van der Waals surface area contributed by atoms with Gasteiger partial charge in [0.1, 0.15) is 6.10 Å². The summed E-state index contributed by atoms with van der Waals surface area (Å²) in [5.74, 6) is -1.67. The number of hydrogen-bond acceptors (Lipinski definition) is 7. The number of rotatable bonds is 4. The van der Waals surface area contributed by atoms with Crippen LogP contribution in [0, 0.1) is 5.41 Å². The van der Waals surface area contributed by atoms with Gasteiger partial charge in [-0.05, 0) is 18.6 Å². The minimum atomic E-state index is -0.918. The maximum atomic E-state index is 11.2. The predicted octanol–water partition coefficient (Wildman–Crippen LogP) is 1.15. The Kier molecular flexibility index (Phi) is 5.63. The predicted molar refractivity (Wildman–Crippen MR) is 72.8 cm³/mol. The molecule has 1 N–H and O–H groups in total. The van der Waals surface area contributed by atoms with Crippen LogP contribution in [0.1, 0.15) is 34.1 Å². The molecule has 21 heavy (non-hydrogen) atoms. The van der Waals surface area contributed by atoms with Gasteiger partial charge in [0.25, 0.3) is 0 Å². The molecule has 7 nitrogen and oxygen atoms in total. The molecule has 0 aromatic heterocycles. The van der Waals surface area contributed by atoms with Crippen LogP contribution in [0.2, 0.25) is 0 Å². The first-order valence-corrected chi connectivity index (χ1v) is 6.48. The second kappa shape index (κ2) is 7.01. The number of carbonyl (C=O) groups excluding carboxylic acids is 3. The molecule has 0 radical (unpaired) electrons. The molecular weight excluding hydrogens is 278 g/mol. The monoisotopic (exact) mass is 297 g/mol. The van der Waals surface area contributed by atoms with Crippen molar-refractivity contribution in [3.05, 3.63) is 11.6 Å². The van der Waals surface area contributed by atoms with Crippen molar-refractivity contribution in [1.29, 1.82) is 5.41 Å². The van der Waals surface area contributed by atoms with E-state index in [0.29, 0.717) is 5.57 Å². The third kappa shape index (κ3) is 5.02. The average molecular weight is 297 g/mol. The Hall–Kier alpha value is -2.18. The molecule has 0 aromatic rings. The zero-order valence-corrected chi connectivity index (χ0v) is 12.5. The lowest BCUT2D eigenvalue weighted by molar-refractivity contribution is -0.180. The molecule has 1 rings (SSSR count). The van der Waals surface area contributed by atoms with E-state index >= 15 is 0 Å². The quantitative estimate of drug-likeness (QED) is 0.474. The Bertz CT molecular complexity index is 496. The highest BCUT2D eigenvalue weighted by molar-refractivity contribution is 5.96. The first kappa shape index (κ1) is 16.9. The van der Waals surface area contributed by atoms with Gasteiger partial charge in [-0.25, -0.2) is 0 Å². The first-order chi connectivity index (χ1) is 9.70. The standard InChI is InChI=1S/C14H19NO6/c1-7(15)11-5-12(19-8(2)16)14(21-10(4)18)13(6-11)20-9(3)17/h5,12-15H,6H2,1-4H3/t12-,13-,14-/m1/s1. The van der Waals surface area contributed by atoms with Crippen LogP contribution in [-0.2, 0) is 28.6 Å². The van der Waals surface area contributed by atoms with Crippen LogP contribution in [0.3, 0.4) is 0 Å². The fourth-order valence-electron chi connectivity index (χ4n) is 2.13. The van der Waals surface area contributed by atoms with Crippen LogP contribution in [0.15, 0.2) is 11.6 Å². The summed E-state index contributed by atoms with van der Waals surface area (Å²) in [5.41, 5.74) is 0.849. The van der Waals surface area contributed by atoms with Gasteiger partial charge in [-0.1, -0.05) is 0 Å². The molecule has 0 heterocycles. The minimum Gasteiger partial charge on any atom is -0.458 e. The summed E-state index contributed by atoms with van der Waals surface area (Å²) in [6.07, 6.45) is -0.823. The number of carbonyl (C=O) groups is 3. The Morgan fingerprint density at radius 2 is 1.52 bits per heavy atom. The number of esters is 3. The Morgan fingerprint density at radius 1 is 1.00 bits per heavy atom.